The number of nitrogens with zero attached hydrogens (tertiary/aromatic N) is 3. The molecular weight excluding hydrogens is 381 g/mol. The fourth-order valence-electron chi connectivity index (χ4n) is 3.87. The van der Waals surface area contributed by atoms with Crippen molar-refractivity contribution in [2.45, 2.75) is 19.0 Å². The predicted molar refractivity (Wildman–Crippen MR) is 106 cm³/mol. The molecule has 2 aromatic rings. The van der Waals surface area contributed by atoms with Gasteiger partial charge in [-0.05, 0) is 23.8 Å². The Morgan fingerprint density at radius 2 is 1.71 bits per heavy atom. The van der Waals surface area contributed by atoms with Crippen LogP contribution in [0.3, 0.4) is 0 Å². The van der Waals surface area contributed by atoms with Crippen molar-refractivity contribution in [1.29, 1.82) is 0 Å². The Morgan fingerprint density at radius 3 is 2.39 bits per heavy atom. The molecule has 2 aliphatic rings. The van der Waals surface area contributed by atoms with Crippen LogP contribution in [0.4, 0.5) is 10.1 Å². The summed E-state index contributed by atoms with van der Waals surface area (Å²) in [5.74, 6) is -1.11. The molecule has 0 aromatic heterocycles. The van der Waals surface area contributed by atoms with Gasteiger partial charge in [-0.15, -0.1) is 0 Å². The van der Waals surface area contributed by atoms with Crippen LogP contribution in [-0.4, -0.2) is 53.8 Å². The molecule has 4 rings (SSSR count). The summed E-state index contributed by atoms with van der Waals surface area (Å²) in [6.07, 6.45) is 0.145. The van der Waals surface area contributed by atoms with E-state index >= 15 is 0 Å². The molecule has 2 aromatic carbocycles. The minimum atomic E-state index is -0.574. The summed E-state index contributed by atoms with van der Waals surface area (Å²) in [6.45, 7) is 4.03. The summed E-state index contributed by atoms with van der Waals surface area (Å²) in [5.41, 5.74) is 1.59. The number of hydrogen-bond donors (Lipinski definition) is 0. The van der Waals surface area contributed by atoms with Gasteiger partial charge < -0.3 is 0 Å². The zero-order valence-corrected chi connectivity index (χ0v) is 16.1. The van der Waals surface area contributed by atoms with E-state index in [1.165, 1.54) is 23.8 Å². The lowest BCUT2D eigenvalue weighted by Crippen LogP contribution is -2.52. The first-order chi connectivity index (χ1) is 13.5. The lowest BCUT2D eigenvalue weighted by atomic mass is 10.1. The second-order valence-corrected chi connectivity index (χ2v) is 7.59. The van der Waals surface area contributed by atoms with E-state index in [0.717, 1.165) is 37.6 Å². The zero-order valence-electron chi connectivity index (χ0n) is 15.4. The molecule has 0 unspecified atom stereocenters. The van der Waals surface area contributed by atoms with Crippen molar-refractivity contribution in [2.24, 2.45) is 0 Å². The van der Waals surface area contributed by atoms with Crippen molar-refractivity contribution in [3.8, 4) is 0 Å². The van der Waals surface area contributed by atoms with Gasteiger partial charge in [0.15, 0.2) is 0 Å². The smallest absolute Gasteiger partial charge is 0.251 e. The fourth-order valence-corrected chi connectivity index (χ4v) is 4.05. The van der Waals surface area contributed by atoms with Crippen molar-refractivity contribution in [3.63, 3.8) is 0 Å². The molecule has 2 fully saturated rings. The molecule has 1 atom stereocenters. The highest BCUT2D eigenvalue weighted by atomic mass is 35.5. The van der Waals surface area contributed by atoms with E-state index in [1.54, 1.807) is 0 Å². The molecule has 0 saturated carbocycles. The molecule has 0 radical (unpaired) electrons. The van der Waals surface area contributed by atoms with Crippen LogP contribution in [0.2, 0.25) is 5.02 Å². The average Bonchev–Trinajstić information content (AvgIpc) is 3.00. The first-order valence-corrected chi connectivity index (χ1v) is 9.73. The summed E-state index contributed by atoms with van der Waals surface area (Å²) in [6, 6.07) is 13.7. The summed E-state index contributed by atoms with van der Waals surface area (Å²) in [5, 5.41) is -0.101. The number of anilines is 1. The predicted octanol–water partition coefficient (Wildman–Crippen LogP) is 2.93. The standard InChI is InChI=1S/C21H21ClFN3O2/c22-17-12-16(6-7-18(17)23)26-20(27)13-19(21(26)28)25-10-8-24(9-11-25)14-15-4-2-1-3-5-15/h1-7,12,19H,8-11,13-14H2/t19-/m0/s1. The van der Waals surface area contributed by atoms with Crippen LogP contribution in [0.1, 0.15) is 12.0 Å². The van der Waals surface area contributed by atoms with Gasteiger partial charge in [0.2, 0.25) is 5.91 Å². The maximum absolute atomic E-state index is 13.4. The van der Waals surface area contributed by atoms with E-state index in [2.05, 4.69) is 21.9 Å². The van der Waals surface area contributed by atoms with Gasteiger partial charge in [0, 0.05) is 32.7 Å². The molecule has 7 heteroatoms. The number of carbonyl (C=O) groups excluding carboxylic acids is 2. The van der Waals surface area contributed by atoms with Crippen LogP contribution in [-0.2, 0) is 16.1 Å². The number of halogens is 2. The molecule has 2 aliphatic heterocycles. The SMILES string of the molecule is O=C1C[C@H](N2CCN(Cc3ccccc3)CC2)C(=O)N1c1ccc(F)c(Cl)c1. The number of hydrogen-bond acceptors (Lipinski definition) is 4. The van der Waals surface area contributed by atoms with Crippen molar-refractivity contribution in [2.75, 3.05) is 31.1 Å². The molecule has 2 amide bonds. The second-order valence-electron chi connectivity index (χ2n) is 7.18. The molecule has 0 bridgehead atoms. The highest BCUT2D eigenvalue weighted by Gasteiger charge is 2.43. The minimum Gasteiger partial charge on any atom is -0.297 e. The van der Waals surface area contributed by atoms with E-state index in [4.69, 9.17) is 11.6 Å². The number of imide groups is 1. The van der Waals surface area contributed by atoms with Gasteiger partial charge in [0.25, 0.3) is 5.91 Å². The minimum absolute atomic E-state index is 0.101. The van der Waals surface area contributed by atoms with Crippen LogP contribution < -0.4 is 4.90 Å². The normalized spacial score (nSPS) is 21.5. The van der Waals surface area contributed by atoms with Gasteiger partial charge in [-0.3, -0.25) is 19.4 Å². The summed E-state index contributed by atoms with van der Waals surface area (Å²) in [7, 11) is 0. The summed E-state index contributed by atoms with van der Waals surface area (Å²) in [4.78, 5) is 30.9. The quantitative estimate of drug-likeness (QED) is 0.739. The van der Waals surface area contributed by atoms with Crippen molar-refractivity contribution in [3.05, 3.63) is 64.9 Å². The molecule has 0 spiro atoms. The molecule has 146 valence electrons. The van der Waals surface area contributed by atoms with Gasteiger partial charge in [-0.1, -0.05) is 41.9 Å². The Morgan fingerprint density at radius 1 is 1.00 bits per heavy atom. The van der Waals surface area contributed by atoms with Gasteiger partial charge in [0.1, 0.15) is 5.82 Å². The number of carbonyl (C=O) groups is 2. The molecule has 0 aliphatic carbocycles. The van der Waals surface area contributed by atoms with Crippen molar-refractivity contribution in [1.82, 2.24) is 9.80 Å². The summed E-state index contributed by atoms with van der Waals surface area (Å²) < 4.78 is 13.4. The third-order valence-corrected chi connectivity index (χ3v) is 5.67. The Balaban J connectivity index is 1.40. The van der Waals surface area contributed by atoms with Gasteiger partial charge in [-0.2, -0.15) is 0 Å². The highest BCUT2D eigenvalue weighted by Crippen LogP contribution is 2.29. The van der Waals surface area contributed by atoms with E-state index in [1.807, 2.05) is 18.2 Å². The molecule has 2 saturated heterocycles. The fraction of sp³-hybridized carbons (Fsp3) is 0.333. The molecule has 28 heavy (non-hydrogen) atoms. The number of amides is 2. The van der Waals surface area contributed by atoms with Crippen molar-refractivity contribution < 1.29 is 14.0 Å². The van der Waals surface area contributed by atoms with Crippen LogP contribution in [0.5, 0.6) is 0 Å². The maximum atomic E-state index is 13.4. The Bertz CT molecular complexity index is 884. The van der Waals surface area contributed by atoms with Crippen LogP contribution >= 0.6 is 11.6 Å². The number of benzene rings is 2. The van der Waals surface area contributed by atoms with Gasteiger partial charge in [0.05, 0.1) is 23.2 Å². The van der Waals surface area contributed by atoms with Gasteiger partial charge in [-0.25, -0.2) is 9.29 Å². The van der Waals surface area contributed by atoms with Crippen LogP contribution in [0, 0.1) is 5.82 Å². The van der Waals surface area contributed by atoms with Crippen LogP contribution in [0.25, 0.3) is 0 Å². The second kappa shape index (κ2) is 7.99. The van der Waals surface area contributed by atoms with Gasteiger partial charge >= 0.3 is 0 Å². The third kappa shape index (κ3) is 3.81. The number of rotatable bonds is 4. The van der Waals surface area contributed by atoms with Crippen LogP contribution in [0.15, 0.2) is 48.5 Å². The molecule has 0 N–H and O–H groups in total. The monoisotopic (exact) mass is 401 g/mol. The maximum Gasteiger partial charge on any atom is 0.251 e. The van der Waals surface area contributed by atoms with E-state index in [0.29, 0.717) is 5.69 Å². The average molecular weight is 402 g/mol. The third-order valence-electron chi connectivity index (χ3n) is 5.38. The lowest BCUT2D eigenvalue weighted by molar-refractivity contribution is -0.123. The Kier molecular flexibility index (Phi) is 5.44. The molecule has 5 nitrogen and oxygen atoms in total. The molecule has 2 heterocycles. The highest BCUT2D eigenvalue weighted by molar-refractivity contribution is 6.31. The topological polar surface area (TPSA) is 43.9 Å². The lowest BCUT2D eigenvalue weighted by Gasteiger charge is -2.37. The number of piperazine rings is 1. The first-order valence-electron chi connectivity index (χ1n) is 9.35. The zero-order chi connectivity index (χ0) is 19.7. The Labute approximate surface area is 168 Å². The molecular formula is C21H21ClFN3O2. The first kappa shape index (κ1) is 19.1. The Hall–Kier alpha value is -2.28. The van der Waals surface area contributed by atoms with Crippen molar-refractivity contribution >= 4 is 29.1 Å². The van der Waals surface area contributed by atoms with E-state index in [-0.39, 0.29) is 23.3 Å². The van der Waals surface area contributed by atoms with E-state index in [9.17, 15) is 14.0 Å². The van der Waals surface area contributed by atoms with E-state index < -0.39 is 11.9 Å². The largest absolute Gasteiger partial charge is 0.297 e. The summed E-state index contributed by atoms with van der Waals surface area (Å²) >= 11 is 5.82.